The lowest BCUT2D eigenvalue weighted by Crippen LogP contribution is -2.37. The molecule has 0 saturated carbocycles. The molecule has 1 fully saturated rings. The number of aromatic nitrogens is 2. The fourth-order valence-electron chi connectivity index (χ4n) is 2.02. The van der Waals surface area contributed by atoms with E-state index in [0.717, 1.165) is 30.2 Å². The fraction of sp³-hybridized carbons (Fsp3) is 0.545. The number of hydrogen-bond acceptors (Lipinski definition) is 6. The van der Waals surface area contributed by atoms with Gasteiger partial charge < -0.3 is 9.64 Å². The van der Waals surface area contributed by atoms with Crippen LogP contribution in [0.5, 0.6) is 0 Å². The molecule has 6 heteroatoms. The summed E-state index contributed by atoms with van der Waals surface area (Å²) in [6, 6.07) is 1.70. The Bertz CT molecular complexity index is 413. The van der Waals surface area contributed by atoms with Gasteiger partial charge in [-0.2, -0.15) is 0 Å². The molecule has 5 nitrogen and oxygen atoms in total. The number of thioether (sulfide) groups is 1. The van der Waals surface area contributed by atoms with Crippen LogP contribution in [0.3, 0.4) is 0 Å². The summed E-state index contributed by atoms with van der Waals surface area (Å²) < 4.78 is 4.81. The largest absolute Gasteiger partial charge is 0.467 e. The number of carbonyl (C=O) groups excluding carboxylic acids is 1. The zero-order valence-corrected chi connectivity index (χ0v) is 10.7. The van der Waals surface area contributed by atoms with E-state index in [1.807, 2.05) is 17.2 Å². The molecule has 2 heterocycles. The lowest BCUT2D eigenvalue weighted by Gasteiger charge is -2.23. The number of rotatable bonds is 3. The van der Waals surface area contributed by atoms with Crippen LogP contribution in [0.1, 0.15) is 12.8 Å². The van der Waals surface area contributed by atoms with Gasteiger partial charge in [0.25, 0.3) is 0 Å². The first kappa shape index (κ1) is 12.2. The van der Waals surface area contributed by atoms with Gasteiger partial charge in [0.15, 0.2) is 0 Å². The highest BCUT2D eigenvalue weighted by molar-refractivity contribution is 7.98. The molecule has 0 amide bonds. The second-order valence-electron chi connectivity index (χ2n) is 3.79. The van der Waals surface area contributed by atoms with Crippen LogP contribution < -0.4 is 4.90 Å². The van der Waals surface area contributed by atoms with Gasteiger partial charge in [0.2, 0.25) is 0 Å². The van der Waals surface area contributed by atoms with Crippen LogP contribution in [0, 0.1) is 0 Å². The number of methoxy groups -OCH3 is 1. The normalized spacial score (nSPS) is 19.4. The molecular weight excluding hydrogens is 238 g/mol. The summed E-state index contributed by atoms with van der Waals surface area (Å²) in [5.41, 5.74) is 0. The summed E-state index contributed by atoms with van der Waals surface area (Å²) in [7, 11) is 1.42. The Hall–Kier alpha value is -1.30. The molecule has 1 unspecified atom stereocenters. The molecule has 17 heavy (non-hydrogen) atoms. The van der Waals surface area contributed by atoms with Crippen molar-refractivity contribution in [2.45, 2.75) is 23.9 Å². The van der Waals surface area contributed by atoms with Crippen LogP contribution in [0.4, 0.5) is 5.82 Å². The number of esters is 1. The average molecular weight is 253 g/mol. The van der Waals surface area contributed by atoms with Gasteiger partial charge in [-0.15, -0.1) is 11.8 Å². The van der Waals surface area contributed by atoms with Crippen LogP contribution in [-0.2, 0) is 9.53 Å². The maximum Gasteiger partial charge on any atom is 0.328 e. The standard InChI is InChI=1S/C11H15N3O2S/c1-16-11(15)8-4-3-5-14(8)9-6-10(17-2)13-7-12-9/h6-8H,3-5H2,1-2H3. The molecule has 0 radical (unpaired) electrons. The summed E-state index contributed by atoms with van der Waals surface area (Å²) in [5, 5.41) is 0.908. The Kier molecular flexibility index (Phi) is 3.83. The van der Waals surface area contributed by atoms with Gasteiger partial charge >= 0.3 is 5.97 Å². The first-order valence-corrected chi connectivity index (χ1v) is 6.69. The van der Waals surface area contributed by atoms with Crippen molar-refractivity contribution < 1.29 is 9.53 Å². The van der Waals surface area contributed by atoms with Crippen molar-refractivity contribution in [1.82, 2.24) is 9.97 Å². The molecule has 0 bridgehead atoms. The van der Waals surface area contributed by atoms with Crippen LogP contribution in [0.15, 0.2) is 17.4 Å². The highest BCUT2D eigenvalue weighted by Crippen LogP contribution is 2.26. The molecule has 1 saturated heterocycles. The first-order chi connectivity index (χ1) is 8.26. The molecule has 1 aliphatic rings. The molecule has 2 rings (SSSR count). The summed E-state index contributed by atoms with van der Waals surface area (Å²) in [5.74, 6) is 0.615. The predicted molar refractivity (Wildman–Crippen MR) is 66.2 cm³/mol. The smallest absolute Gasteiger partial charge is 0.328 e. The van der Waals surface area contributed by atoms with Gasteiger partial charge in [-0.25, -0.2) is 14.8 Å². The van der Waals surface area contributed by atoms with Crippen molar-refractivity contribution in [2.75, 3.05) is 24.8 Å². The van der Waals surface area contributed by atoms with E-state index >= 15 is 0 Å². The van der Waals surface area contributed by atoms with Gasteiger partial charge in [0.05, 0.1) is 7.11 Å². The van der Waals surface area contributed by atoms with Crippen molar-refractivity contribution in [3.05, 3.63) is 12.4 Å². The summed E-state index contributed by atoms with van der Waals surface area (Å²) in [6.45, 7) is 0.838. The fourth-order valence-corrected chi connectivity index (χ4v) is 2.40. The van der Waals surface area contributed by atoms with Gasteiger partial charge in [-0.3, -0.25) is 0 Å². The Morgan fingerprint density at radius 2 is 2.41 bits per heavy atom. The molecule has 0 aliphatic carbocycles. The number of nitrogens with zero attached hydrogens (tertiary/aromatic N) is 3. The predicted octanol–water partition coefficient (Wildman–Crippen LogP) is 1.34. The van der Waals surface area contributed by atoms with E-state index in [0.29, 0.717) is 0 Å². The highest BCUT2D eigenvalue weighted by Gasteiger charge is 2.32. The Balaban J connectivity index is 2.22. The lowest BCUT2D eigenvalue weighted by atomic mass is 10.2. The molecule has 0 N–H and O–H groups in total. The Labute approximate surface area is 105 Å². The SMILES string of the molecule is COC(=O)C1CCCN1c1cc(SC)ncn1. The minimum atomic E-state index is -0.204. The minimum Gasteiger partial charge on any atom is -0.467 e. The van der Waals surface area contributed by atoms with E-state index in [-0.39, 0.29) is 12.0 Å². The van der Waals surface area contributed by atoms with E-state index < -0.39 is 0 Å². The monoisotopic (exact) mass is 253 g/mol. The van der Waals surface area contributed by atoms with E-state index in [4.69, 9.17) is 4.74 Å². The van der Waals surface area contributed by atoms with Crippen molar-refractivity contribution in [1.29, 1.82) is 0 Å². The number of carbonyl (C=O) groups is 1. The second kappa shape index (κ2) is 5.35. The second-order valence-corrected chi connectivity index (χ2v) is 4.62. The molecule has 1 atom stereocenters. The van der Waals surface area contributed by atoms with Gasteiger partial charge in [-0.05, 0) is 19.1 Å². The zero-order chi connectivity index (χ0) is 12.3. The average Bonchev–Trinajstić information content (AvgIpc) is 2.87. The summed E-state index contributed by atoms with van der Waals surface area (Å²) in [4.78, 5) is 22.0. The van der Waals surface area contributed by atoms with Crippen LogP contribution >= 0.6 is 11.8 Å². The first-order valence-electron chi connectivity index (χ1n) is 5.46. The van der Waals surface area contributed by atoms with E-state index in [1.165, 1.54) is 13.4 Å². The third kappa shape index (κ3) is 2.52. The lowest BCUT2D eigenvalue weighted by molar-refractivity contribution is -0.141. The third-order valence-electron chi connectivity index (χ3n) is 2.86. The number of ether oxygens (including phenoxy) is 1. The van der Waals surface area contributed by atoms with E-state index in [1.54, 1.807) is 11.8 Å². The minimum absolute atomic E-state index is 0.188. The zero-order valence-electron chi connectivity index (χ0n) is 9.92. The van der Waals surface area contributed by atoms with Gasteiger partial charge in [-0.1, -0.05) is 0 Å². The third-order valence-corrected chi connectivity index (χ3v) is 3.50. The molecule has 0 aromatic carbocycles. The molecule has 1 aromatic heterocycles. The highest BCUT2D eigenvalue weighted by atomic mass is 32.2. The van der Waals surface area contributed by atoms with Crippen molar-refractivity contribution in [3.63, 3.8) is 0 Å². The summed E-state index contributed by atoms with van der Waals surface area (Å²) >= 11 is 1.56. The molecule has 1 aromatic rings. The van der Waals surface area contributed by atoms with Gasteiger partial charge in [0, 0.05) is 12.6 Å². The molecule has 92 valence electrons. The van der Waals surface area contributed by atoms with Crippen molar-refractivity contribution in [3.8, 4) is 0 Å². The number of anilines is 1. The molecule has 0 spiro atoms. The molecular formula is C11H15N3O2S. The van der Waals surface area contributed by atoms with Crippen LogP contribution in [0.25, 0.3) is 0 Å². The van der Waals surface area contributed by atoms with Crippen LogP contribution in [-0.4, -0.2) is 41.9 Å². The molecule has 1 aliphatic heterocycles. The Morgan fingerprint density at radius 1 is 1.59 bits per heavy atom. The topological polar surface area (TPSA) is 55.3 Å². The van der Waals surface area contributed by atoms with Crippen LogP contribution in [0.2, 0.25) is 0 Å². The van der Waals surface area contributed by atoms with Crippen molar-refractivity contribution in [2.24, 2.45) is 0 Å². The summed E-state index contributed by atoms with van der Waals surface area (Å²) in [6.07, 6.45) is 5.31. The quantitative estimate of drug-likeness (QED) is 0.460. The van der Waals surface area contributed by atoms with E-state index in [2.05, 4.69) is 9.97 Å². The van der Waals surface area contributed by atoms with E-state index in [9.17, 15) is 4.79 Å². The number of hydrogen-bond donors (Lipinski definition) is 0. The maximum atomic E-state index is 11.6. The van der Waals surface area contributed by atoms with Gasteiger partial charge in [0.1, 0.15) is 23.2 Å². The Morgan fingerprint density at radius 3 is 3.12 bits per heavy atom. The van der Waals surface area contributed by atoms with Crippen molar-refractivity contribution >= 4 is 23.5 Å². The maximum absolute atomic E-state index is 11.6.